The number of aryl methyl sites for hydroxylation is 1. The van der Waals surface area contributed by atoms with Gasteiger partial charge in [0.2, 0.25) is 0 Å². The van der Waals surface area contributed by atoms with E-state index in [1.54, 1.807) is 6.07 Å². The molecule has 1 saturated carbocycles. The molecule has 1 saturated heterocycles. The van der Waals surface area contributed by atoms with Gasteiger partial charge in [-0.25, -0.2) is 0 Å². The zero-order chi connectivity index (χ0) is 15.0. The minimum atomic E-state index is -4.28. The zero-order valence-corrected chi connectivity index (χ0v) is 12.2. The van der Waals surface area contributed by atoms with Crippen LogP contribution in [0.25, 0.3) is 0 Å². The molecule has 2 nitrogen and oxygen atoms in total. The summed E-state index contributed by atoms with van der Waals surface area (Å²) < 4.78 is 38.8. The monoisotopic (exact) mass is 298 g/mol. The van der Waals surface area contributed by atoms with E-state index in [0.717, 1.165) is 37.3 Å². The molecule has 1 aromatic rings. The van der Waals surface area contributed by atoms with Gasteiger partial charge in [0, 0.05) is 24.8 Å². The number of hydrogen-bond donors (Lipinski definition) is 1. The van der Waals surface area contributed by atoms with Crippen LogP contribution in [0.5, 0.6) is 0 Å². The fraction of sp³-hybridized carbons (Fsp3) is 0.625. The van der Waals surface area contributed by atoms with Gasteiger partial charge in [-0.2, -0.15) is 13.2 Å². The largest absolute Gasteiger partial charge is 0.416 e. The van der Waals surface area contributed by atoms with Crippen LogP contribution < -0.4 is 10.2 Å². The van der Waals surface area contributed by atoms with Gasteiger partial charge in [0.05, 0.1) is 5.56 Å². The second-order valence-corrected chi connectivity index (χ2v) is 6.20. The highest BCUT2D eigenvalue weighted by Gasteiger charge is 2.35. The summed E-state index contributed by atoms with van der Waals surface area (Å²) in [7, 11) is 0. The lowest BCUT2D eigenvalue weighted by molar-refractivity contribution is -0.137. The molecule has 1 aromatic carbocycles. The van der Waals surface area contributed by atoms with Crippen molar-refractivity contribution in [3.63, 3.8) is 0 Å². The Kier molecular flexibility index (Phi) is 3.86. The zero-order valence-electron chi connectivity index (χ0n) is 12.2. The Bertz CT molecular complexity index is 509. The molecule has 1 heterocycles. The van der Waals surface area contributed by atoms with Crippen molar-refractivity contribution < 1.29 is 13.2 Å². The van der Waals surface area contributed by atoms with E-state index in [9.17, 15) is 13.2 Å². The third-order valence-electron chi connectivity index (χ3n) is 4.50. The number of alkyl halides is 3. The normalized spacial score (nSPS) is 24.0. The average Bonchev–Trinajstić information content (AvgIpc) is 3.24. The third-order valence-corrected chi connectivity index (χ3v) is 4.50. The van der Waals surface area contributed by atoms with Crippen molar-refractivity contribution in [1.82, 2.24) is 5.32 Å². The van der Waals surface area contributed by atoms with Crippen LogP contribution >= 0.6 is 0 Å². The molecule has 0 bridgehead atoms. The molecule has 1 aliphatic heterocycles. The fourth-order valence-electron chi connectivity index (χ4n) is 3.11. The van der Waals surface area contributed by atoms with Gasteiger partial charge < -0.3 is 10.2 Å². The summed E-state index contributed by atoms with van der Waals surface area (Å²) >= 11 is 0. The van der Waals surface area contributed by atoms with Gasteiger partial charge in [-0.05, 0) is 56.3 Å². The molecule has 1 N–H and O–H groups in total. The molecule has 0 radical (unpaired) electrons. The third kappa shape index (κ3) is 3.34. The lowest BCUT2D eigenvalue weighted by Gasteiger charge is -2.28. The molecule has 21 heavy (non-hydrogen) atoms. The Morgan fingerprint density at radius 2 is 2.00 bits per heavy atom. The van der Waals surface area contributed by atoms with Crippen molar-refractivity contribution >= 4 is 5.69 Å². The van der Waals surface area contributed by atoms with Crippen molar-refractivity contribution in [2.24, 2.45) is 5.92 Å². The molecular weight excluding hydrogens is 277 g/mol. The Labute approximate surface area is 123 Å². The van der Waals surface area contributed by atoms with Crippen LogP contribution in [0.2, 0.25) is 0 Å². The molecule has 0 aromatic heterocycles. The summed E-state index contributed by atoms with van der Waals surface area (Å²) in [5.41, 5.74) is 1.10. The topological polar surface area (TPSA) is 15.3 Å². The number of benzene rings is 1. The highest BCUT2D eigenvalue weighted by molar-refractivity contribution is 5.56. The SMILES string of the molecule is Cc1ccc(C(F)(F)F)cc1N1CCCNC(C2CC2)C1. The van der Waals surface area contributed by atoms with Gasteiger partial charge >= 0.3 is 6.18 Å². The van der Waals surface area contributed by atoms with E-state index in [1.807, 2.05) is 6.92 Å². The molecular formula is C16H21F3N2. The van der Waals surface area contributed by atoms with Crippen molar-refractivity contribution in [2.75, 3.05) is 24.5 Å². The summed E-state index contributed by atoms with van der Waals surface area (Å²) in [6, 6.07) is 4.49. The van der Waals surface area contributed by atoms with Crippen molar-refractivity contribution in [2.45, 2.75) is 38.4 Å². The van der Waals surface area contributed by atoms with Gasteiger partial charge in [0.1, 0.15) is 0 Å². The average molecular weight is 298 g/mol. The molecule has 3 rings (SSSR count). The minimum Gasteiger partial charge on any atom is -0.370 e. The Morgan fingerprint density at radius 3 is 2.67 bits per heavy atom. The van der Waals surface area contributed by atoms with E-state index >= 15 is 0 Å². The van der Waals surface area contributed by atoms with E-state index in [1.165, 1.54) is 25.0 Å². The number of rotatable bonds is 2. The van der Waals surface area contributed by atoms with E-state index in [0.29, 0.717) is 12.0 Å². The van der Waals surface area contributed by atoms with Crippen LogP contribution in [0.3, 0.4) is 0 Å². The highest BCUT2D eigenvalue weighted by Crippen LogP contribution is 2.36. The maximum Gasteiger partial charge on any atom is 0.416 e. The van der Waals surface area contributed by atoms with Crippen LogP contribution in [-0.2, 0) is 6.18 Å². The summed E-state index contributed by atoms with van der Waals surface area (Å²) in [6.07, 6.45) is -0.818. The lowest BCUT2D eigenvalue weighted by Crippen LogP contribution is -2.39. The standard InChI is InChI=1S/C16H21F3N2/c1-11-3-6-13(16(17,18)19)9-15(11)21-8-2-7-20-14(10-21)12-4-5-12/h3,6,9,12,14,20H,2,4-5,7-8,10H2,1H3. The van der Waals surface area contributed by atoms with E-state index in [2.05, 4.69) is 10.2 Å². The lowest BCUT2D eigenvalue weighted by atomic mass is 10.1. The smallest absolute Gasteiger partial charge is 0.370 e. The molecule has 0 amide bonds. The second-order valence-electron chi connectivity index (χ2n) is 6.20. The number of halogens is 3. The Balaban J connectivity index is 1.86. The van der Waals surface area contributed by atoms with Gasteiger partial charge in [-0.1, -0.05) is 6.07 Å². The summed E-state index contributed by atoms with van der Waals surface area (Å²) in [6.45, 7) is 4.47. The molecule has 1 unspecified atom stereocenters. The molecule has 1 atom stereocenters. The molecule has 5 heteroatoms. The number of nitrogens with zero attached hydrogens (tertiary/aromatic N) is 1. The molecule has 116 valence electrons. The van der Waals surface area contributed by atoms with Crippen LogP contribution in [0.4, 0.5) is 18.9 Å². The summed E-state index contributed by atoms with van der Waals surface area (Å²) in [5.74, 6) is 0.705. The summed E-state index contributed by atoms with van der Waals surface area (Å²) in [4.78, 5) is 2.13. The van der Waals surface area contributed by atoms with Gasteiger partial charge in [-0.15, -0.1) is 0 Å². The van der Waals surface area contributed by atoms with E-state index in [-0.39, 0.29) is 0 Å². The Morgan fingerprint density at radius 1 is 1.24 bits per heavy atom. The first-order valence-corrected chi connectivity index (χ1v) is 7.61. The van der Waals surface area contributed by atoms with Crippen LogP contribution in [0.1, 0.15) is 30.4 Å². The second kappa shape index (κ2) is 5.52. The van der Waals surface area contributed by atoms with Gasteiger partial charge in [-0.3, -0.25) is 0 Å². The number of nitrogens with one attached hydrogen (secondary N) is 1. The van der Waals surface area contributed by atoms with Crippen LogP contribution in [-0.4, -0.2) is 25.7 Å². The van der Waals surface area contributed by atoms with Crippen molar-refractivity contribution in [3.05, 3.63) is 29.3 Å². The quantitative estimate of drug-likeness (QED) is 0.897. The number of anilines is 1. The first-order chi connectivity index (χ1) is 9.95. The highest BCUT2D eigenvalue weighted by atomic mass is 19.4. The van der Waals surface area contributed by atoms with Crippen LogP contribution in [0, 0.1) is 12.8 Å². The predicted molar refractivity (Wildman–Crippen MR) is 77.5 cm³/mol. The molecule has 2 aliphatic rings. The Hall–Kier alpha value is -1.23. The summed E-state index contributed by atoms with van der Waals surface area (Å²) in [5, 5.41) is 3.54. The van der Waals surface area contributed by atoms with Crippen LogP contribution in [0.15, 0.2) is 18.2 Å². The maximum absolute atomic E-state index is 12.9. The van der Waals surface area contributed by atoms with Crippen molar-refractivity contribution in [1.29, 1.82) is 0 Å². The first kappa shape index (κ1) is 14.7. The number of hydrogen-bond acceptors (Lipinski definition) is 2. The maximum atomic E-state index is 12.9. The van der Waals surface area contributed by atoms with Crippen molar-refractivity contribution in [3.8, 4) is 0 Å². The molecule has 0 spiro atoms. The molecule has 1 aliphatic carbocycles. The predicted octanol–water partition coefficient (Wildman–Crippen LogP) is 3.59. The van der Waals surface area contributed by atoms with Gasteiger partial charge in [0.15, 0.2) is 0 Å². The first-order valence-electron chi connectivity index (χ1n) is 7.61. The van der Waals surface area contributed by atoms with E-state index < -0.39 is 11.7 Å². The fourth-order valence-corrected chi connectivity index (χ4v) is 3.11. The van der Waals surface area contributed by atoms with Gasteiger partial charge in [0.25, 0.3) is 0 Å². The minimum absolute atomic E-state index is 0.418. The molecule has 2 fully saturated rings. The van der Waals surface area contributed by atoms with E-state index in [4.69, 9.17) is 0 Å².